The highest BCUT2D eigenvalue weighted by Crippen LogP contribution is 2.34. The first-order valence-corrected chi connectivity index (χ1v) is 23.2. The fraction of sp³-hybridized carbons (Fsp3) is 0.419. The quantitative estimate of drug-likeness (QED) is 0.166. The Bertz CT molecular complexity index is 2040. The van der Waals surface area contributed by atoms with Crippen LogP contribution in [0.4, 0.5) is 8.78 Å². The van der Waals surface area contributed by atoms with Crippen molar-refractivity contribution in [2.24, 2.45) is 0 Å². The summed E-state index contributed by atoms with van der Waals surface area (Å²) >= 11 is 0. The standard InChI is InChI=1S/2C10H13F.C10H12O2.3C10H14.2CH4/c2*1-7(2)9-5-4-8(3)10(11)6-9;1-7(2)8-3-4-9-10(5-8)12-6-11-9;3*1-8(2)10-6-4-9(3)5-7-10;;/h2*4-7H,1-3H3;3-5,7H,6H2,1-2H3;3*4-8H,1-3H3;2*1H4. The van der Waals surface area contributed by atoms with Crippen molar-refractivity contribution < 1.29 is 18.3 Å². The molecule has 0 atom stereocenters. The molecule has 0 radical (unpaired) electrons. The number of fused-ring (bicyclic) bond motifs is 1. The zero-order valence-electron chi connectivity index (χ0n) is 42.4. The average Bonchev–Trinajstić information content (AvgIpc) is 3.73. The third-order valence-corrected chi connectivity index (χ3v) is 11.0. The summed E-state index contributed by atoms with van der Waals surface area (Å²) in [7, 11) is 0. The number of rotatable bonds is 6. The van der Waals surface area contributed by atoms with Crippen LogP contribution >= 0.6 is 0 Å². The van der Waals surface area contributed by atoms with Crippen molar-refractivity contribution in [3.63, 3.8) is 0 Å². The average molecular weight is 903 g/mol. The molecule has 0 amide bonds. The predicted octanol–water partition coefficient (Wildman–Crippen LogP) is 19.7. The van der Waals surface area contributed by atoms with E-state index in [2.05, 4.69) is 183 Å². The van der Waals surface area contributed by atoms with Crippen LogP contribution in [0.3, 0.4) is 0 Å². The van der Waals surface area contributed by atoms with Crippen molar-refractivity contribution in [1.82, 2.24) is 0 Å². The fourth-order valence-corrected chi connectivity index (χ4v) is 6.06. The molecule has 0 fully saturated rings. The van der Waals surface area contributed by atoms with E-state index in [1.54, 1.807) is 26.0 Å². The molecule has 0 saturated carbocycles. The Morgan fingerprint density at radius 1 is 0.318 bits per heavy atom. The lowest BCUT2D eigenvalue weighted by Gasteiger charge is -2.05. The Morgan fingerprint density at radius 3 is 0.833 bits per heavy atom. The minimum atomic E-state index is -0.101. The molecule has 1 aliphatic heterocycles. The maximum absolute atomic E-state index is 12.9. The summed E-state index contributed by atoms with van der Waals surface area (Å²) in [5, 5.41) is 0. The van der Waals surface area contributed by atoms with Gasteiger partial charge in [0, 0.05) is 0 Å². The van der Waals surface area contributed by atoms with Gasteiger partial charge in [-0.1, -0.05) is 218 Å². The van der Waals surface area contributed by atoms with Crippen molar-refractivity contribution >= 4 is 0 Å². The van der Waals surface area contributed by atoms with Crippen molar-refractivity contribution in [3.05, 3.63) is 200 Å². The molecule has 0 bridgehead atoms. The molecular weight excluding hydrogens is 815 g/mol. The van der Waals surface area contributed by atoms with Gasteiger partial charge in [-0.15, -0.1) is 0 Å². The molecule has 4 heteroatoms. The van der Waals surface area contributed by atoms with E-state index in [-0.39, 0.29) is 26.5 Å². The van der Waals surface area contributed by atoms with Gasteiger partial charge in [-0.25, -0.2) is 8.78 Å². The van der Waals surface area contributed by atoms with E-state index in [1.807, 2.05) is 36.4 Å². The molecule has 0 spiro atoms. The van der Waals surface area contributed by atoms with E-state index in [0.29, 0.717) is 42.3 Å². The Morgan fingerprint density at radius 2 is 0.561 bits per heavy atom. The second kappa shape index (κ2) is 30.9. The van der Waals surface area contributed by atoms with Gasteiger partial charge in [-0.05, 0) is 139 Å². The highest BCUT2D eigenvalue weighted by Gasteiger charge is 2.14. The van der Waals surface area contributed by atoms with Crippen molar-refractivity contribution in [1.29, 1.82) is 0 Å². The van der Waals surface area contributed by atoms with Gasteiger partial charge in [-0.2, -0.15) is 0 Å². The first kappa shape index (κ1) is 60.8. The van der Waals surface area contributed by atoms with Crippen LogP contribution in [0.5, 0.6) is 11.5 Å². The molecule has 6 aromatic carbocycles. The number of ether oxygens (including phenoxy) is 2. The predicted molar refractivity (Wildman–Crippen MR) is 286 cm³/mol. The lowest BCUT2D eigenvalue weighted by atomic mass is 10.0. The SMILES string of the molecule is C.C.CC(C)c1ccc2c(c1)OCO2.Cc1ccc(C(C)C)cc1.Cc1ccc(C(C)C)cc1.Cc1ccc(C(C)C)cc1.Cc1ccc(C(C)C)cc1F.Cc1ccc(C(C)C)cc1F. The van der Waals surface area contributed by atoms with Crippen molar-refractivity contribution in [2.75, 3.05) is 6.79 Å². The van der Waals surface area contributed by atoms with Gasteiger partial charge in [0.15, 0.2) is 11.5 Å². The third kappa shape index (κ3) is 22.3. The van der Waals surface area contributed by atoms with Crippen LogP contribution in [0.1, 0.15) is 195 Å². The molecule has 2 nitrogen and oxygen atoms in total. The molecule has 0 unspecified atom stereocenters. The number of aryl methyl sites for hydroxylation is 5. The van der Waals surface area contributed by atoms with Gasteiger partial charge in [0.2, 0.25) is 6.79 Å². The van der Waals surface area contributed by atoms with Crippen molar-refractivity contribution in [3.8, 4) is 11.5 Å². The van der Waals surface area contributed by atoms with E-state index < -0.39 is 0 Å². The monoisotopic (exact) mass is 903 g/mol. The lowest BCUT2D eigenvalue weighted by Crippen LogP contribution is -1.93. The zero-order valence-corrected chi connectivity index (χ0v) is 42.4. The van der Waals surface area contributed by atoms with Crippen LogP contribution in [-0.4, -0.2) is 6.79 Å². The van der Waals surface area contributed by atoms with Crippen LogP contribution < -0.4 is 9.47 Å². The summed E-state index contributed by atoms with van der Waals surface area (Å²) in [5.74, 6) is 4.85. The van der Waals surface area contributed by atoms with E-state index >= 15 is 0 Å². The molecule has 6 aromatic rings. The maximum atomic E-state index is 12.9. The first-order valence-electron chi connectivity index (χ1n) is 23.2. The van der Waals surface area contributed by atoms with Gasteiger partial charge in [0.05, 0.1) is 0 Å². The summed E-state index contributed by atoms with van der Waals surface area (Å²) in [5.41, 5.74) is 13.1. The molecule has 66 heavy (non-hydrogen) atoms. The smallest absolute Gasteiger partial charge is 0.231 e. The number of hydrogen-bond donors (Lipinski definition) is 0. The number of benzene rings is 6. The number of halogens is 2. The van der Waals surface area contributed by atoms with E-state index in [1.165, 1.54) is 38.9 Å². The van der Waals surface area contributed by atoms with Crippen LogP contribution in [0, 0.1) is 46.3 Å². The van der Waals surface area contributed by atoms with Gasteiger partial charge in [-0.3, -0.25) is 0 Å². The highest BCUT2D eigenvalue weighted by molar-refractivity contribution is 5.45. The minimum absolute atomic E-state index is 0. The van der Waals surface area contributed by atoms with Gasteiger partial charge >= 0.3 is 0 Å². The molecule has 7 rings (SSSR count). The molecule has 0 aliphatic carbocycles. The van der Waals surface area contributed by atoms with Crippen molar-refractivity contribution in [2.45, 2.75) is 168 Å². The van der Waals surface area contributed by atoms with E-state index in [0.717, 1.165) is 33.8 Å². The highest BCUT2D eigenvalue weighted by atomic mass is 19.1. The Hall–Kier alpha value is -5.22. The molecule has 0 N–H and O–H groups in total. The van der Waals surface area contributed by atoms with Crippen LogP contribution in [-0.2, 0) is 0 Å². The minimum Gasteiger partial charge on any atom is -0.454 e. The van der Waals surface area contributed by atoms with Crippen LogP contribution in [0.25, 0.3) is 0 Å². The Kier molecular flexibility index (Phi) is 28.4. The van der Waals surface area contributed by atoms with Gasteiger partial charge < -0.3 is 9.47 Å². The fourth-order valence-electron chi connectivity index (χ4n) is 6.06. The molecule has 1 aliphatic rings. The summed E-state index contributed by atoms with van der Waals surface area (Å²) in [6.07, 6.45) is 0. The van der Waals surface area contributed by atoms with Gasteiger partial charge in [0.25, 0.3) is 0 Å². The third-order valence-electron chi connectivity index (χ3n) is 11.0. The molecular formula is C62H88F2O2. The first-order chi connectivity index (χ1) is 30.1. The van der Waals surface area contributed by atoms with E-state index in [4.69, 9.17) is 9.47 Å². The summed E-state index contributed by atoms with van der Waals surface area (Å²) in [6, 6.07) is 43.1. The largest absolute Gasteiger partial charge is 0.454 e. The molecule has 362 valence electrons. The normalized spacial score (nSPS) is 10.8. The molecule has 1 heterocycles. The van der Waals surface area contributed by atoms with E-state index in [9.17, 15) is 8.78 Å². The van der Waals surface area contributed by atoms with Gasteiger partial charge in [0.1, 0.15) is 11.6 Å². The molecule has 0 aromatic heterocycles. The van der Waals surface area contributed by atoms with Crippen LogP contribution in [0.15, 0.2) is 127 Å². The second-order valence-electron chi connectivity index (χ2n) is 18.8. The molecule has 0 saturated heterocycles. The summed E-state index contributed by atoms with van der Waals surface area (Å²) < 4.78 is 36.4. The van der Waals surface area contributed by atoms with Crippen LogP contribution in [0.2, 0.25) is 0 Å². The second-order valence-corrected chi connectivity index (χ2v) is 18.8. The summed E-state index contributed by atoms with van der Waals surface area (Å²) in [6.45, 7) is 36.1. The lowest BCUT2D eigenvalue weighted by molar-refractivity contribution is 0.174. The summed E-state index contributed by atoms with van der Waals surface area (Å²) in [4.78, 5) is 0. The zero-order chi connectivity index (χ0) is 48.1. The Labute approximate surface area is 403 Å². The Balaban J connectivity index is 0.000000765. The maximum Gasteiger partial charge on any atom is 0.231 e. The number of hydrogen-bond acceptors (Lipinski definition) is 2. The topological polar surface area (TPSA) is 18.5 Å².